The molecule has 0 aromatic carbocycles. The van der Waals surface area contributed by atoms with Crippen LogP contribution in [0.4, 0.5) is 0 Å². The maximum Gasteiger partial charge on any atom is 0.309 e. The molecule has 0 radical (unpaired) electrons. The van der Waals surface area contributed by atoms with E-state index in [0.717, 1.165) is 12.8 Å². The molecule has 0 aliphatic heterocycles. The normalized spacial score (nSPS) is 23.3. The van der Waals surface area contributed by atoms with Gasteiger partial charge in [-0.2, -0.15) is 0 Å². The Morgan fingerprint density at radius 2 is 2.00 bits per heavy atom. The van der Waals surface area contributed by atoms with Crippen molar-refractivity contribution in [2.24, 2.45) is 17.3 Å². The van der Waals surface area contributed by atoms with Gasteiger partial charge in [0.2, 0.25) is 0 Å². The summed E-state index contributed by atoms with van der Waals surface area (Å²) < 4.78 is 0. The van der Waals surface area contributed by atoms with E-state index in [1.807, 2.05) is 20.8 Å². The fourth-order valence-electron chi connectivity index (χ4n) is 1.90. The van der Waals surface area contributed by atoms with Crippen LogP contribution in [0.1, 0.15) is 40.0 Å². The van der Waals surface area contributed by atoms with Gasteiger partial charge >= 0.3 is 5.97 Å². The van der Waals surface area contributed by atoms with E-state index >= 15 is 0 Å². The highest BCUT2D eigenvalue weighted by Crippen LogP contribution is 2.46. The van der Waals surface area contributed by atoms with E-state index in [-0.39, 0.29) is 5.92 Å². The number of hydrogen-bond acceptors (Lipinski definition) is 1. The van der Waals surface area contributed by atoms with Crippen LogP contribution in [0.25, 0.3) is 0 Å². The Morgan fingerprint density at radius 3 is 2.08 bits per heavy atom. The van der Waals surface area contributed by atoms with Gasteiger partial charge in [-0.15, -0.1) is 0 Å². The topological polar surface area (TPSA) is 37.3 Å². The van der Waals surface area contributed by atoms with Gasteiger partial charge < -0.3 is 5.11 Å². The number of aliphatic carboxylic acids is 1. The zero-order valence-electron chi connectivity index (χ0n) is 8.13. The van der Waals surface area contributed by atoms with Gasteiger partial charge in [0, 0.05) is 0 Å². The molecule has 70 valence electrons. The molecule has 0 aromatic heterocycles. The Kier molecular flexibility index (Phi) is 2.45. The summed E-state index contributed by atoms with van der Waals surface area (Å²) in [5.41, 5.74) is -0.488. The standard InChI is InChI=1S/C10H18O2/c1-7(2)10(3,9(11)12)8-5-4-6-8/h7-8H,4-6H2,1-3H3,(H,11,12). The Bertz CT molecular complexity index is 182. The molecule has 1 atom stereocenters. The van der Waals surface area contributed by atoms with Crippen molar-refractivity contribution in [2.75, 3.05) is 0 Å². The van der Waals surface area contributed by atoms with Crippen molar-refractivity contribution in [1.29, 1.82) is 0 Å². The molecule has 0 bridgehead atoms. The zero-order chi connectivity index (χ0) is 9.35. The molecule has 0 heterocycles. The molecule has 1 fully saturated rings. The minimum absolute atomic E-state index is 0.236. The van der Waals surface area contributed by atoms with Crippen LogP contribution >= 0.6 is 0 Å². The molecule has 0 spiro atoms. The van der Waals surface area contributed by atoms with Gasteiger partial charge in [-0.1, -0.05) is 20.3 Å². The molecule has 1 unspecified atom stereocenters. The number of carbonyl (C=O) groups is 1. The summed E-state index contributed by atoms with van der Waals surface area (Å²) >= 11 is 0. The largest absolute Gasteiger partial charge is 0.481 e. The molecule has 0 amide bonds. The second-order valence-corrected chi connectivity index (χ2v) is 4.37. The SMILES string of the molecule is CC(C)C(C)(C(=O)O)C1CCC1. The monoisotopic (exact) mass is 170 g/mol. The Labute approximate surface area is 74.0 Å². The third-order valence-electron chi connectivity index (χ3n) is 3.61. The third kappa shape index (κ3) is 1.23. The van der Waals surface area contributed by atoms with Crippen LogP contribution < -0.4 is 0 Å². The number of carboxylic acid groups (broad SMARTS) is 1. The highest BCUT2D eigenvalue weighted by Gasteiger charge is 2.46. The summed E-state index contributed by atoms with van der Waals surface area (Å²) in [5, 5.41) is 9.14. The molecule has 1 saturated carbocycles. The molecule has 1 N–H and O–H groups in total. The number of hydrogen-bond donors (Lipinski definition) is 1. The Morgan fingerprint density at radius 1 is 1.50 bits per heavy atom. The van der Waals surface area contributed by atoms with E-state index in [1.165, 1.54) is 6.42 Å². The maximum absolute atomic E-state index is 11.1. The van der Waals surface area contributed by atoms with Crippen molar-refractivity contribution in [3.05, 3.63) is 0 Å². The first kappa shape index (κ1) is 9.56. The predicted molar refractivity (Wildman–Crippen MR) is 47.9 cm³/mol. The van der Waals surface area contributed by atoms with E-state index in [0.29, 0.717) is 5.92 Å². The van der Waals surface area contributed by atoms with Crippen molar-refractivity contribution in [2.45, 2.75) is 40.0 Å². The van der Waals surface area contributed by atoms with Crippen LogP contribution in [0.2, 0.25) is 0 Å². The highest BCUT2D eigenvalue weighted by atomic mass is 16.4. The van der Waals surface area contributed by atoms with Crippen LogP contribution in [0.3, 0.4) is 0 Å². The van der Waals surface area contributed by atoms with Crippen molar-refractivity contribution >= 4 is 5.97 Å². The molecular formula is C10H18O2. The van der Waals surface area contributed by atoms with Gasteiger partial charge in [-0.05, 0) is 31.6 Å². The first-order valence-corrected chi connectivity index (χ1v) is 4.73. The minimum atomic E-state index is -0.623. The maximum atomic E-state index is 11.1. The zero-order valence-corrected chi connectivity index (χ0v) is 8.13. The van der Waals surface area contributed by atoms with E-state index < -0.39 is 11.4 Å². The van der Waals surface area contributed by atoms with E-state index in [9.17, 15) is 4.79 Å². The average molecular weight is 170 g/mol. The lowest BCUT2D eigenvalue weighted by molar-refractivity contribution is -0.157. The molecule has 2 nitrogen and oxygen atoms in total. The van der Waals surface area contributed by atoms with Gasteiger partial charge in [-0.25, -0.2) is 0 Å². The lowest BCUT2D eigenvalue weighted by Gasteiger charge is -2.42. The summed E-state index contributed by atoms with van der Waals surface area (Å²) in [5.74, 6) is 0.0255. The molecule has 1 aliphatic rings. The first-order valence-electron chi connectivity index (χ1n) is 4.73. The summed E-state index contributed by atoms with van der Waals surface area (Å²) in [6.07, 6.45) is 3.40. The fourth-order valence-corrected chi connectivity index (χ4v) is 1.90. The van der Waals surface area contributed by atoms with Crippen LogP contribution in [-0.4, -0.2) is 11.1 Å². The quantitative estimate of drug-likeness (QED) is 0.706. The van der Waals surface area contributed by atoms with Gasteiger partial charge in [0.1, 0.15) is 0 Å². The fraction of sp³-hybridized carbons (Fsp3) is 0.900. The highest BCUT2D eigenvalue weighted by molar-refractivity contribution is 5.75. The number of carboxylic acids is 1. The summed E-state index contributed by atoms with van der Waals surface area (Å²) in [6.45, 7) is 5.91. The van der Waals surface area contributed by atoms with Crippen molar-refractivity contribution in [3.63, 3.8) is 0 Å². The van der Waals surface area contributed by atoms with Crippen LogP contribution in [-0.2, 0) is 4.79 Å². The second-order valence-electron chi connectivity index (χ2n) is 4.37. The molecule has 2 heteroatoms. The molecule has 0 aromatic rings. The summed E-state index contributed by atoms with van der Waals surface area (Å²) in [4.78, 5) is 11.1. The van der Waals surface area contributed by atoms with Gasteiger partial charge in [0.15, 0.2) is 0 Å². The van der Waals surface area contributed by atoms with Gasteiger partial charge in [0.25, 0.3) is 0 Å². The molecule has 1 aliphatic carbocycles. The van der Waals surface area contributed by atoms with E-state index in [1.54, 1.807) is 0 Å². The van der Waals surface area contributed by atoms with Crippen LogP contribution in [0, 0.1) is 17.3 Å². The molecular weight excluding hydrogens is 152 g/mol. The minimum Gasteiger partial charge on any atom is -0.481 e. The van der Waals surface area contributed by atoms with Gasteiger partial charge in [0.05, 0.1) is 5.41 Å². The predicted octanol–water partition coefficient (Wildman–Crippen LogP) is 2.53. The summed E-state index contributed by atoms with van der Waals surface area (Å²) in [6, 6.07) is 0. The Balaban J connectivity index is 2.77. The first-order chi connectivity index (χ1) is 5.49. The van der Waals surface area contributed by atoms with Crippen LogP contribution in [0.15, 0.2) is 0 Å². The van der Waals surface area contributed by atoms with Crippen molar-refractivity contribution < 1.29 is 9.90 Å². The van der Waals surface area contributed by atoms with E-state index in [4.69, 9.17) is 5.11 Å². The Hall–Kier alpha value is -0.530. The van der Waals surface area contributed by atoms with Crippen LogP contribution in [0.5, 0.6) is 0 Å². The molecule has 1 rings (SSSR count). The smallest absolute Gasteiger partial charge is 0.309 e. The summed E-state index contributed by atoms with van der Waals surface area (Å²) in [7, 11) is 0. The second kappa shape index (κ2) is 3.08. The van der Waals surface area contributed by atoms with E-state index in [2.05, 4.69) is 0 Å². The van der Waals surface area contributed by atoms with Crippen molar-refractivity contribution in [3.8, 4) is 0 Å². The lowest BCUT2D eigenvalue weighted by atomic mass is 9.61. The lowest BCUT2D eigenvalue weighted by Crippen LogP contribution is -2.43. The van der Waals surface area contributed by atoms with Crippen molar-refractivity contribution in [1.82, 2.24) is 0 Å². The molecule has 0 saturated heterocycles. The third-order valence-corrected chi connectivity index (χ3v) is 3.61. The average Bonchev–Trinajstić information content (AvgIpc) is 1.82. The molecule has 12 heavy (non-hydrogen) atoms. The number of rotatable bonds is 3. The van der Waals surface area contributed by atoms with Gasteiger partial charge in [-0.3, -0.25) is 4.79 Å².